The molecule has 2 aromatic rings. The van der Waals surface area contributed by atoms with E-state index in [1.165, 1.54) is 21.3 Å². The van der Waals surface area contributed by atoms with Crippen LogP contribution < -0.4 is 0 Å². The Balaban J connectivity index is 0.000000142. The summed E-state index contributed by atoms with van der Waals surface area (Å²) in [5, 5.41) is 10.4. The van der Waals surface area contributed by atoms with E-state index in [1.54, 1.807) is 13.2 Å². The molecule has 25 heavy (non-hydrogen) atoms. The Morgan fingerprint density at radius 3 is 2.28 bits per heavy atom. The van der Waals surface area contributed by atoms with Crippen LogP contribution in [0.5, 0.6) is 0 Å². The Morgan fingerprint density at radius 1 is 1.28 bits per heavy atom. The van der Waals surface area contributed by atoms with Crippen LogP contribution >= 0.6 is 28.6 Å². The summed E-state index contributed by atoms with van der Waals surface area (Å²) in [4.78, 5) is 13.9. The number of aliphatic carboxylic acids is 1. The van der Waals surface area contributed by atoms with E-state index >= 15 is 0 Å². The summed E-state index contributed by atoms with van der Waals surface area (Å²) in [6.45, 7) is 1.78. The minimum absolute atomic E-state index is 0.486. The zero-order valence-corrected chi connectivity index (χ0v) is 16.1. The number of benzene rings is 2. The van der Waals surface area contributed by atoms with Gasteiger partial charge in [-0.05, 0) is 22.9 Å². The standard InChI is InChI=1S/C9H7NO.C6H3Br.C4H8O2S/c1-2-4-8(5-3-1)9-6-11-7-10-9;7-6-3-4-1-2-5(4)6;1-2-3(7)4(5)6/h1-7H;1-3H;3,7H,2H2,1H3,(H,5,6). The Bertz CT molecular complexity index is 898. The van der Waals surface area contributed by atoms with Crippen molar-refractivity contribution >= 4 is 34.5 Å². The molecule has 0 bridgehead atoms. The minimum Gasteiger partial charge on any atom is -0.480 e. The van der Waals surface area contributed by atoms with Crippen LogP contribution in [0, 0.1) is 10.4 Å². The van der Waals surface area contributed by atoms with Gasteiger partial charge in [-0.15, -0.1) is 0 Å². The maximum atomic E-state index is 9.85. The van der Waals surface area contributed by atoms with Crippen molar-refractivity contribution in [1.82, 2.24) is 4.98 Å². The average Bonchev–Trinajstić information content (AvgIpc) is 3.15. The van der Waals surface area contributed by atoms with E-state index in [9.17, 15) is 4.79 Å². The van der Waals surface area contributed by atoms with Crippen LogP contribution in [0.25, 0.3) is 11.3 Å². The number of nitrogens with zero attached hydrogens (tertiary/aromatic N) is 1. The van der Waals surface area contributed by atoms with Crippen LogP contribution in [0.15, 0.2) is 70.1 Å². The van der Waals surface area contributed by atoms with Crippen LogP contribution in [0.3, 0.4) is 0 Å². The van der Waals surface area contributed by atoms with Gasteiger partial charge in [0.25, 0.3) is 0 Å². The summed E-state index contributed by atoms with van der Waals surface area (Å²) in [6.07, 6.45) is 3.65. The molecule has 2 aliphatic rings. The maximum absolute atomic E-state index is 9.85. The van der Waals surface area contributed by atoms with Crippen LogP contribution in [0.1, 0.15) is 13.3 Å². The smallest absolute Gasteiger partial charge is 0.316 e. The van der Waals surface area contributed by atoms with Gasteiger partial charge in [0.2, 0.25) is 0 Å². The van der Waals surface area contributed by atoms with Gasteiger partial charge in [0.05, 0.1) is 5.25 Å². The summed E-state index contributed by atoms with van der Waals surface area (Å²) in [5.41, 5.74) is 1.96. The Kier molecular flexibility index (Phi) is 7.28. The zero-order valence-electron chi connectivity index (χ0n) is 13.6. The minimum atomic E-state index is -0.842. The third-order valence-corrected chi connectivity index (χ3v) is 4.70. The topological polar surface area (TPSA) is 63.3 Å². The first-order chi connectivity index (χ1) is 12.0. The maximum Gasteiger partial charge on any atom is 0.316 e. The van der Waals surface area contributed by atoms with Crippen molar-refractivity contribution in [3.8, 4) is 11.3 Å². The Morgan fingerprint density at radius 2 is 2.00 bits per heavy atom. The SMILES string of the molecule is Brc1cc2ccc1=2.CCC(S)C(=O)O.c1ccc(-c2cocn2)cc1. The molecule has 0 fully saturated rings. The second kappa shape index (κ2) is 9.44. The van der Waals surface area contributed by atoms with Crippen molar-refractivity contribution in [2.75, 3.05) is 0 Å². The quantitative estimate of drug-likeness (QED) is 0.449. The Labute approximate surface area is 159 Å². The van der Waals surface area contributed by atoms with E-state index in [2.05, 4.69) is 51.7 Å². The summed E-state index contributed by atoms with van der Waals surface area (Å²) >= 11 is 7.09. The summed E-state index contributed by atoms with van der Waals surface area (Å²) < 4.78 is 6.11. The molecule has 0 amide bonds. The van der Waals surface area contributed by atoms with Gasteiger partial charge < -0.3 is 9.52 Å². The van der Waals surface area contributed by atoms with Crippen molar-refractivity contribution in [2.24, 2.45) is 0 Å². The number of thiol groups is 1. The molecule has 1 atom stereocenters. The van der Waals surface area contributed by atoms with Crippen LogP contribution in [0.2, 0.25) is 0 Å². The van der Waals surface area contributed by atoms with Gasteiger partial charge in [-0.1, -0.05) is 65.3 Å². The highest BCUT2D eigenvalue weighted by Crippen LogP contribution is 2.20. The highest BCUT2D eigenvalue weighted by atomic mass is 79.9. The molecule has 6 heteroatoms. The first-order valence-electron chi connectivity index (χ1n) is 7.67. The van der Waals surface area contributed by atoms with E-state index in [0.717, 1.165) is 11.3 Å². The molecule has 2 aliphatic carbocycles. The fourth-order valence-electron chi connectivity index (χ4n) is 1.88. The number of carboxylic acid groups (broad SMARTS) is 1. The van der Waals surface area contributed by atoms with Gasteiger partial charge in [-0.3, -0.25) is 4.79 Å². The molecule has 130 valence electrons. The molecule has 1 N–H and O–H groups in total. The second-order valence-electron chi connectivity index (χ2n) is 5.20. The molecular weight excluding hydrogens is 402 g/mol. The Hall–Kier alpha value is -2.05. The number of hydrogen-bond donors (Lipinski definition) is 2. The highest BCUT2D eigenvalue weighted by Gasteiger charge is 2.06. The van der Waals surface area contributed by atoms with Crippen LogP contribution in [-0.2, 0) is 4.79 Å². The highest BCUT2D eigenvalue weighted by molar-refractivity contribution is 9.10. The lowest BCUT2D eigenvalue weighted by molar-refractivity contribution is -0.136. The molecule has 4 rings (SSSR count). The number of halogens is 1. The van der Waals surface area contributed by atoms with Crippen LogP contribution in [-0.4, -0.2) is 21.3 Å². The summed E-state index contributed by atoms with van der Waals surface area (Å²) in [5.74, 6) is -0.842. The van der Waals surface area contributed by atoms with E-state index in [-0.39, 0.29) is 0 Å². The van der Waals surface area contributed by atoms with Gasteiger partial charge in [0.15, 0.2) is 6.39 Å². The number of rotatable bonds is 3. The molecule has 1 aromatic carbocycles. The molecule has 0 radical (unpaired) electrons. The summed E-state index contributed by atoms with van der Waals surface area (Å²) in [6, 6.07) is 16.3. The van der Waals surface area contributed by atoms with Crippen molar-refractivity contribution in [2.45, 2.75) is 18.6 Å². The number of carbonyl (C=O) groups is 1. The number of hydrogen-bond acceptors (Lipinski definition) is 4. The third kappa shape index (κ3) is 5.47. The molecule has 0 saturated heterocycles. The molecular formula is C19H18BrNO3S. The molecule has 1 aromatic heterocycles. The van der Waals surface area contributed by atoms with Crippen molar-refractivity contribution in [3.05, 3.63) is 76.1 Å². The van der Waals surface area contributed by atoms with Crippen molar-refractivity contribution < 1.29 is 14.3 Å². The van der Waals surface area contributed by atoms with Crippen LogP contribution in [0.4, 0.5) is 0 Å². The van der Waals surface area contributed by atoms with Crippen molar-refractivity contribution in [3.63, 3.8) is 0 Å². The second-order valence-corrected chi connectivity index (χ2v) is 6.67. The normalized spacial score (nSPS) is 11.3. The number of aromatic nitrogens is 1. The average molecular weight is 420 g/mol. The van der Waals surface area contributed by atoms with Crippen molar-refractivity contribution in [1.29, 1.82) is 0 Å². The molecule has 0 spiro atoms. The predicted molar refractivity (Wildman–Crippen MR) is 104 cm³/mol. The predicted octanol–water partition coefficient (Wildman–Crippen LogP) is 5.17. The van der Waals surface area contributed by atoms with Gasteiger partial charge in [-0.2, -0.15) is 12.6 Å². The lowest BCUT2D eigenvalue weighted by Crippen LogP contribution is -2.10. The lowest BCUT2D eigenvalue weighted by atomic mass is 10.1. The lowest BCUT2D eigenvalue weighted by Gasteiger charge is -2.02. The van der Waals surface area contributed by atoms with E-state index in [4.69, 9.17) is 9.52 Å². The van der Waals surface area contributed by atoms with E-state index in [0.29, 0.717) is 6.42 Å². The van der Waals surface area contributed by atoms with Gasteiger partial charge in [0, 0.05) is 10.0 Å². The molecule has 1 heterocycles. The zero-order chi connectivity index (χ0) is 18.2. The van der Waals surface area contributed by atoms with Gasteiger partial charge in [-0.25, -0.2) is 4.98 Å². The third-order valence-electron chi connectivity index (χ3n) is 3.45. The fourth-order valence-corrected chi connectivity index (χ4v) is 2.49. The molecule has 4 nitrogen and oxygen atoms in total. The first kappa shape index (κ1) is 19.3. The molecule has 0 saturated carbocycles. The molecule has 1 unspecified atom stereocenters. The largest absolute Gasteiger partial charge is 0.480 e. The fraction of sp³-hybridized carbons (Fsp3) is 0.158. The van der Waals surface area contributed by atoms with Gasteiger partial charge in [0.1, 0.15) is 12.0 Å². The molecule has 0 aliphatic heterocycles. The number of carboxylic acids is 1. The van der Waals surface area contributed by atoms with E-state index < -0.39 is 11.2 Å². The monoisotopic (exact) mass is 419 g/mol. The van der Waals surface area contributed by atoms with E-state index in [1.807, 2.05) is 30.3 Å². The number of oxazole rings is 1. The first-order valence-corrected chi connectivity index (χ1v) is 8.98. The summed E-state index contributed by atoms with van der Waals surface area (Å²) in [7, 11) is 0. The van der Waals surface area contributed by atoms with Gasteiger partial charge >= 0.3 is 5.97 Å².